The average Bonchev–Trinajstić information content (AvgIpc) is 2.44. The van der Waals surface area contributed by atoms with Gasteiger partial charge in [-0.1, -0.05) is 36.4 Å². The molecule has 0 fully saturated rings. The van der Waals surface area contributed by atoms with Crippen molar-refractivity contribution in [1.82, 2.24) is 4.90 Å². The molecule has 1 heterocycles. The van der Waals surface area contributed by atoms with Crippen LogP contribution in [0.25, 0.3) is 0 Å². The van der Waals surface area contributed by atoms with Crippen LogP contribution in [-0.2, 0) is 19.5 Å². The molecule has 1 N–H and O–H groups in total. The van der Waals surface area contributed by atoms with E-state index in [9.17, 15) is 5.11 Å². The number of nitrogens with zero attached hydrogens (tertiary/aromatic N) is 1. The number of fused-ring (bicyclic) bond motifs is 1. The number of para-hydroxylation sites is 1. The van der Waals surface area contributed by atoms with Crippen LogP contribution in [0.4, 0.5) is 0 Å². The van der Waals surface area contributed by atoms with Gasteiger partial charge in [-0.05, 0) is 39.5 Å². The van der Waals surface area contributed by atoms with Crippen molar-refractivity contribution in [2.45, 2.75) is 19.5 Å². The zero-order chi connectivity index (χ0) is 13.2. The van der Waals surface area contributed by atoms with E-state index < -0.39 is 0 Å². The fourth-order valence-corrected chi connectivity index (χ4v) is 3.02. The van der Waals surface area contributed by atoms with Crippen LogP contribution < -0.4 is 0 Å². The van der Waals surface area contributed by atoms with Crippen LogP contribution in [0.1, 0.15) is 16.7 Å². The molecule has 2 aromatic rings. The molecule has 3 rings (SSSR count). The molecular weight excluding hydrogens is 302 g/mol. The molecule has 98 valence electrons. The van der Waals surface area contributed by atoms with Gasteiger partial charge in [0.15, 0.2) is 0 Å². The minimum absolute atomic E-state index is 0.362. The van der Waals surface area contributed by atoms with E-state index >= 15 is 0 Å². The topological polar surface area (TPSA) is 23.5 Å². The smallest absolute Gasteiger partial charge is 0.134 e. The van der Waals surface area contributed by atoms with Gasteiger partial charge in [0.25, 0.3) is 0 Å². The minimum atomic E-state index is 0.362. The summed E-state index contributed by atoms with van der Waals surface area (Å²) in [6.45, 7) is 2.80. The summed E-state index contributed by atoms with van der Waals surface area (Å²) >= 11 is 3.37. The largest absolute Gasteiger partial charge is 0.506 e. The average molecular weight is 318 g/mol. The zero-order valence-electron chi connectivity index (χ0n) is 10.6. The van der Waals surface area contributed by atoms with Gasteiger partial charge in [0.2, 0.25) is 0 Å². The van der Waals surface area contributed by atoms with Crippen LogP contribution in [0, 0.1) is 0 Å². The Bertz CT molecular complexity index is 597. The Morgan fingerprint density at radius 3 is 2.68 bits per heavy atom. The summed E-state index contributed by atoms with van der Waals surface area (Å²) in [5.74, 6) is 0.362. The molecule has 3 heteroatoms. The molecule has 0 saturated heterocycles. The van der Waals surface area contributed by atoms with Crippen LogP contribution in [0.15, 0.2) is 46.9 Å². The van der Waals surface area contributed by atoms with E-state index in [4.69, 9.17) is 0 Å². The number of phenolic OH excluding ortho intramolecular Hbond substituents is 1. The van der Waals surface area contributed by atoms with E-state index in [1.165, 1.54) is 11.1 Å². The summed E-state index contributed by atoms with van der Waals surface area (Å²) in [4.78, 5) is 2.38. The van der Waals surface area contributed by atoms with E-state index in [2.05, 4.69) is 45.1 Å². The summed E-state index contributed by atoms with van der Waals surface area (Å²) < 4.78 is 0.766. The molecule has 0 unspecified atom stereocenters. The highest BCUT2D eigenvalue weighted by Crippen LogP contribution is 2.29. The maximum atomic E-state index is 10.0. The van der Waals surface area contributed by atoms with Gasteiger partial charge < -0.3 is 5.11 Å². The maximum absolute atomic E-state index is 10.0. The molecule has 0 aromatic heterocycles. The number of phenols is 1. The van der Waals surface area contributed by atoms with Crippen LogP contribution in [0.5, 0.6) is 5.75 Å². The van der Waals surface area contributed by atoms with Crippen molar-refractivity contribution in [3.05, 3.63) is 63.6 Å². The maximum Gasteiger partial charge on any atom is 0.134 e. The summed E-state index contributed by atoms with van der Waals surface area (Å²) in [5, 5.41) is 10.0. The van der Waals surface area contributed by atoms with Gasteiger partial charge in [0, 0.05) is 25.2 Å². The predicted octanol–water partition coefficient (Wildman–Crippen LogP) is 3.71. The van der Waals surface area contributed by atoms with Crippen LogP contribution in [0.2, 0.25) is 0 Å². The first-order valence-corrected chi connectivity index (χ1v) is 7.29. The Balaban J connectivity index is 1.77. The highest BCUT2D eigenvalue weighted by atomic mass is 79.9. The lowest BCUT2D eigenvalue weighted by atomic mass is 9.99. The lowest BCUT2D eigenvalue weighted by Gasteiger charge is -2.29. The third-order valence-electron chi connectivity index (χ3n) is 3.67. The molecule has 0 atom stereocenters. The van der Waals surface area contributed by atoms with E-state index in [1.807, 2.05) is 18.2 Å². The second kappa shape index (κ2) is 5.35. The van der Waals surface area contributed by atoms with Crippen molar-refractivity contribution in [2.24, 2.45) is 0 Å². The van der Waals surface area contributed by atoms with Crippen molar-refractivity contribution in [1.29, 1.82) is 0 Å². The lowest BCUT2D eigenvalue weighted by molar-refractivity contribution is 0.242. The van der Waals surface area contributed by atoms with Crippen LogP contribution in [-0.4, -0.2) is 16.6 Å². The van der Waals surface area contributed by atoms with E-state index in [0.29, 0.717) is 5.75 Å². The molecule has 1 aliphatic rings. The molecule has 2 aromatic carbocycles. The molecule has 0 bridgehead atoms. The molecule has 0 radical (unpaired) electrons. The summed E-state index contributed by atoms with van der Waals surface area (Å²) in [7, 11) is 0. The Labute approximate surface area is 121 Å². The Morgan fingerprint density at radius 2 is 1.84 bits per heavy atom. The fourth-order valence-electron chi connectivity index (χ4n) is 2.62. The van der Waals surface area contributed by atoms with Gasteiger partial charge in [-0.2, -0.15) is 0 Å². The van der Waals surface area contributed by atoms with Crippen LogP contribution in [0.3, 0.4) is 0 Å². The predicted molar refractivity (Wildman–Crippen MR) is 80.1 cm³/mol. The highest BCUT2D eigenvalue weighted by molar-refractivity contribution is 9.10. The van der Waals surface area contributed by atoms with E-state index in [1.54, 1.807) is 0 Å². The summed E-state index contributed by atoms with van der Waals surface area (Å²) in [5.41, 5.74) is 3.84. The van der Waals surface area contributed by atoms with Gasteiger partial charge in [-0.25, -0.2) is 0 Å². The number of hydrogen-bond donors (Lipinski definition) is 1. The second-order valence-electron chi connectivity index (χ2n) is 4.98. The molecule has 0 spiro atoms. The molecule has 1 aliphatic heterocycles. The monoisotopic (exact) mass is 317 g/mol. The van der Waals surface area contributed by atoms with Gasteiger partial charge in [0.1, 0.15) is 5.75 Å². The Kier molecular flexibility index (Phi) is 3.58. The third-order valence-corrected chi connectivity index (χ3v) is 4.31. The molecule has 0 aliphatic carbocycles. The third kappa shape index (κ3) is 2.67. The number of benzene rings is 2. The molecule has 19 heavy (non-hydrogen) atoms. The van der Waals surface area contributed by atoms with E-state index in [0.717, 1.165) is 36.1 Å². The molecular formula is C16H16BrNO. The van der Waals surface area contributed by atoms with Gasteiger partial charge in [-0.15, -0.1) is 0 Å². The first-order valence-electron chi connectivity index (χ1n) is 6.49. The first kappa shape index (κ1) is 12.7. The standard InChI is InChI=1S/C16H16BrNO/c17-15-7-3-6-14(16(15)19)11-18-9-8-12-4-1-2-5-13(12)10-18/h1-7,19H,8-11H2. The number of aromatic hydroxyl groups is 1. The van der Waals surface area contributed by atoms with Gasteiger partial charge >= 0.3 is 0 Å². The first-order chi connectivity index (χ1) is 9.24. The minimum Gasteiger partial charge on any atom is -0.506 e. The SMILES string of the molecule is Oc1c(Br)cccc1CN1CCc2ccccc2C1. The van der Waals surface area contributed by atoms with Crippen molar-refractivity contribution in [3.63, 3.8) is 0 Å². The van der Waals surface area contributed by atoms with Crippen LogP contribution >= 0.6 is 15.9 Å². The number of rotatable bonds is 2. The second-order valence-corrected chi connectivity index (χ2v) is 5.83. The van der Waals surface area contributed by atoms with E-state index in [-0.39, 0.29) is 0 Å². The summed E-state index contributed by atoms with van der Waals surface area (Å²) in [6, 6.07) is 14.4. The molecule has 0 saturated carbocycles. The fraction of sp³-hybridized carbons (Fsp3) is 0.250. The zero-order valence-corrected chi connectivity index (χ0v) is 12.2. The number of halogens is 1. The summed E-state index contributed by atoms with van der Waals surface area (Å²) in [6.07, 6.45) is 1.09. The number of hydrogen-bond acceptors (Lipinski definition) is 2. The highest BCUT2D eigenvalue weighted by Gasteiger charge is 2.17. The van der Waals surface area contributed by atoms with Gasteiger partial charge in [0.05, 0.1) is 4.47 Å². The normalized spacial score (nSPS) is 15.2. The molecule has 0 amide bonds. The quantitative estimate of drug-likeness (QED) is 0.912. The van der Waals surface area contributed by atoms with Crippen molar-refractivity contribution in [3.8, 4) is 5.75 Å². The van der Waals surface area contributed by atoms with Gasteiger partial charge in [-0.3, -0.25) is 4.90 Å². The van der Waals surface area contributed by atoms with Crippen molar-refractivity contribution < 1.29 is 5.11 Å². The van der Waals surface area contributed by atoms with Crippen molar-refractivity contribution in [2.75, 3.05) is 6.54 Å². The lowest BCUT2D eigenvalue weighted by Crippen LogP contribution is -2.29. The Morgan fingerprint density at radius 1 is 1.05 bits per heavy atom. The Hall–Kier alpha value is -1.32. The molecule has 2 nitrogen and oxygen atoms in total. The van der Waals surface area contributed by atoms with Crippen molar-refractivity contribution >= 4 is 15.9 Å².